The van der Waals surface area contributed by atoms with Gasteiger partial charge in [-0.2, -0.15) is 0 Å². The van der Waals surface area contributed by atoms with Crippen molar-refractivity contribution in [2.45, 2.75) is 51.6 Å². The number of carbonyl (C=O) groups excluding carboxylic acids is 2. The quantitative estimate of drug-likeness (QED) is 0.260. The molecule has 0 aromatic heterocycles. The molecule has 0 bridgehead atoms. The summed E-state index contributed by atoms with van der Waals surface area (Å²) in [7, 11) is -4.31. The van der Waals surface area contributed by atoms with E-state index in [4.69, 9.17) is 23.2 Å². The lowest BCUT2D eigenvalue weighted by molar-refractivity contribution is -0.140. The molecule has 0 unspecified atom stereocenters. The lowest BCUT2D eigenvalue weighted by Gasteiger charge is -2.33. The van der Waals surface area contributed by atoms with Crippen molar-refractivity contribution in [3.05, 3.63) is 93.7 Å². The number of halogens is 3. The van der Waals surface area contributed by atoms with Crippen LogP contribution in [0.15, 0.2) is 71.6 Å². The molecule has 0 aliphatic rings. The van der Waals surface area contributed by atoms with Gasteiger partial charge in [-0.25, -0.2) is 12.8 Å². The van der Waals surface area contributed by atoms with Gasteiger partial charge in [0.05, 0.1) is 10.6 Å². The third-order valence-electron chi connectivity index (χ3n) is 6.46. The first kappa shape index (κ1) is 32.4. The summed E-state index contributed by atoms with van der Waals surface area (Å²) in [5, 5.41) is 3.48. The van der Waals surface area contributed by atoms with Crippen molar-refractivity contribution in [2.24, 2.45) is 5.92 Å². The number of rotatable bonds is 12. The largest absolute Gasteiger partial charge is 0.354 e. The average molecular weight is 623 g/mol. The van der Waals surface area contributed by atoms with Gasteiger partial charge in [0.15, 0.2) is 0 Å². The van der Waals surface area contributed by atoms with Crippen LogP contribution in [0.3, 0.4) is 0 Å². The molecule has 7 nitrogen and oxygen atoms in total. The van der Waals surface area contributed by atoms with E-state index in [-0.39, 0.29) is 35.4 Å². The second kappa shape index (κ2) is 14.2. The summed E-state index contributed by atoms with van der Waals surface area (Å²) in [5.41, 5.74) is 1.56. The number of benzene rings is 3. The van der Waals surface area contributed by atoms with Crippen LogP contribution in [0.2, 0.25) is 10.0 Å². The first-order valence-corrected chi connectivity index (χ1v) is 15.4. The van der Waals surface area contributed by atoms with Crippen molar-refractivity contribution in [3.8, 4) is 0 Å². The molecule has 0 fully saturated rings. The number of aryl methyl sites for hydroxylation is 1. The van der Waals surface area contributed by atoms with Crippen LogP contribution in [-0.2, 0) is 26.2 Å². The lowest BCUT2D eigenvalue weighted by atomic mass is 10.1. The van der Waals surface area contributed by atoms with Crippen LogP contribution in [0.1, 0.15) is 38.3 Å². The van der Waals surface area contributed by atoms with Crippen LogP contribution in [0.4, 0.5) is 10.1 Å². The van der Waals surface area contributed by atoms with Gasteiger partial charge in [-0.15, -0.1) is 0 Å². The summed E-state index contributed by atoms with van der Waals surface area (Å²) in [5.74, 6) is -1.43. The Balaban J connectivity index is 2.08. The molecule has 0 spiro atoms. The highest BCUT2D eigenvalue weighted by atomic mass is 35.5. The van der Waals surface area contributed by atoms with E-state index in [1.54, 1.807) is 49.4 Å². The summed E-state index contributed by atoms with van der Waals surface area (Å²) in [6.07, 6.45) is 0.257. The molecule has 3 aromatic rings. The molecular weight excluding hydrogens is 588 g/mol. The number of hydrogen-bond donors (Lipinski definition) is 1. The monoisotopic (exact) mass is 621 g/mol. The van der Waals surface area contributed by atoms with Gasteiger partial charge >= 0.3 is 0 Å². The number of hydrogen-bond acceptors (Lipinski definition) is 4. The number of amides is 2. The Morgan fingerprint density at radius 3 is 2.07 bits per heavy atom. The number of carbonyl (C=O) groups is 2. The van der Waals surface area contributed by atoms with Crippen molar-refractivity contribution < 1.29 is 22.4 Å². The second-order valence-electron chi connectivity index (χ2n) is 10.1. The van der Waals surface area contributed by atoms with Crippen molar-refractivity contribution >= 4 is 50.7 Å². The fourth-order valence-electron chi connectivity index (χ4n) is 4.17. The predicted octanol–water partition coefficient (Wildman–Crippen LogP) is 6.22. The molecule has 0 radical (unpaired) electrons. The lowest BCUT2D eigenvalue weighted by Crippen LogP contribution is -2.52. The Labute approximate surface area is 251 Å². The van der Waals surface area contributed by atoms with Crippen LogP contribution in [0.5, 0.6) is 0 Å². The van der Waals surface area contributed by atoms with Gasteiger partial charge < -0.3 is 10.2 Å². The first-order valence-electron chi connectivity index (χ1n) is 13.2. The van der Waals surface area contributed by atoms with Gasteiger partial charge in [-0.05, 0) is 67.8 Å². The maximum absolute atomic E-state index is 14.1. The average Bonchev–Trinajstić information content (AvgIpc) is 2.92. The zero-order chi connectivity index (χ0) is 30.3. The summed E-state index contributed by atoms with van der Waals surface area (Å²) in [6.45, 7) is 7.17. The zero-order valence-corrected chi connectivity index (χ0v) is 25.7. The summed E-state index contributed by atoms with van der Waals surface area (Å²) >= 11 is 12.9. The van der Waals surface area contributed by atoms with Crippen LogP contribution < -0.4 is 9.62 Å². The number of anilines is 1. The normalized spacial score (nSPS) is 12.2. The third kappa shape index (κ3) is 8.21. The molecule has 41 heavy (non-hydrogen) atoms. The van der Waals surface area contributed by atoms with Crippen molar-refractivity contribution in [1.82, 2.24) is 10.2 Å². The van der Waals surface area contributed by atoms with Gasteiger partial charge in [-0.3, -0.25) is 13.9 Å². The molecular formula is C30H34Cl2FN3O4S. The second-order valence-corrected chi connectivity index (χ2v) is 12.8. The minimum atomic E-state index is -4.31. The third-order valence-corrected chi connectivity index (χ3v) is 8.96. The Kier molecular flexibility index (Phi) is 11.2. The Morgan fingerprint density at radius 1 is 0.951 bits per heavy atom. The molecule has 0 saturated heterocycles. The number of nitrogens with zero attached hydrogens (tertiary/aromatic N) is 2. The van der Waals surface area contributed by atoms with E-state index in [1.165, 1.54) is 4.90 Å². The molecule has 0 aliphatic carbocycles. The Morgan fingerprint density at radius 2 is 1.54 bits per heavy atom. The molecule has 2 amide bonds. The molecule has 0 saturated carbocycles. The maximum atomic E-state index is 14.1. The number of sulfonamides is 1. The fraction of sp³-hybridized carbons (Fsp3) is 0.333. The van der Waals surface area contributed by atoms with Gasteiger partial charge in [0.1, 0.15) is 18.4 Å². The molecule has 11 heteroatoms. The van der Waals surface area contributed by atoms with E-state index in [0.29, 0.717) is 22.2 Å². The minimum Gasteiger partial charge on any atom is -0.354 e. The zero-order valence-electron chi connectivity index (χ0n) is 23.4. The van der Waals surface area contributed by atoms with E-state index in [2.05, 4.69) is 5.32 Å². The molecule has 0 aliphatic heterocycles. The van der Waals surface area contributed by atoms with E-state index in [9.17, 15) is 22.4 Å². The highest BCUT2D eigenvalue weighted by molar-refractivity contribution is 7.92. The van der Waals surface area contributed by atoms with Crippen LogP contribution in [0, 0.1) is 18.7 Å². The van der Waals surface area contributed by atoms with Crippen LogP contribution in [0.25, 0.3) is 0 Å². The van der Waals surface area contributed by atoms with Crippen LogP contribution >= 0.6 is 23.2 Å². The summed E-state index contributed by atoms with van der Waals surface area (Å²) in [6, 6.07) is 15.0. The topological polar surface area (TPSA) is 86.8 Å². The van der Waals surface area contributed by atoms with E-state index in [1.807, 2.05) is 20.8 Å². The molecule has 220 valence electrons. The molecule has 1 atom stereocenters. The maximum Gasteiger partial charge on any atom is 0.264 e. The van der Waals surface area contributed by atoms with E-state index >= 15 is 0 Å². The molecule has 3 rings (SSSR count). The summed E-state index contributed by atoms with van der Waals surface area (Å²) in [4.78, 5) is 28.5. The first-order chi connectivity index (χ1) is 19.3. The van der Waals surface area contributed by atoms with E-state index in [0.717, 1.165) is 34.1 Å². The fourth-order valence-corrected chi connectivity index (χ4v) is 6.10. The van der Waals surface area contributed by atoms with E-state index < -0.39 is 34.3 Å². The van der Waals surface area contributed by atoms with Crippen LogP contribution in [-0.4, -0.2) is 44.3 Å². The minimum absolute atomic E-state index is 0.122. The predicted molar refractivity (Wildman–Crippen MR) is 161 cm³/mol. The van der Waals surface area contributed by atoms with Gasteiger partial charge in [0.25, 0.3) is 10.0 Å². The molecule has 1 N–H and O–H groups in total. The highest BCUT2D eigenvalue weighted by Crippen LogP contribution is 2.29. The highest BCUT2D eigenvalue weighted by Gasteiger charge is 2.34. The van der Waals surface area contributed by atoms with Gasteiger partial charge in [0.2, 0.25) is 11.8 Å². The smallest absolute Gasteiger partial charge is 0.264 e. The Hall–Kier alpha value is -3.14. The molecule has 3 aromatic carbocycles. The van der Waals surface area contributed by atoms with Crippen molar-refractivity contribution in [2.75, 3.05) is 17.4 Å². The Bertz CT molecular complexity index is 1450. The number of nitrogens with one attached hydrogen (secondary N) is 1. The van der Waals surface area contributed by atoms with Crippen molar-refractivity contribution in [3.63, 3.8) is 0 Å². The SMILES string of the molecule is CC[C@H](C(=O)NCC(C)C)N(Cc1c(Cl)cccc1Cl)C(=O)CN(c1ccc(C)cc1)S(=O)(=O)c1ccc(F)cc1. The van der Waals surface area contributed by atoms with Gasteiger partial charge in [-0.1, -0.05) is 67.7 Å². The molecule has 0 heterocycles. The standard InChI is InChI=1S/C30H34Cl2FN3O4S/c1-5-28(30(38)34-17-20(2)3)35(18-25-26(31)7-6-8-27(25)32)29(37)19-36(23-13-9-21(4)10-14-23)41(39,40)24-15-11-22(33)12-16-24/h6-16,20,28H,5,17-19H2,1-4H3,(H,34,38)/t28-/m1/s1. The van der Waals surface area contributed by atoms with Crippen molar-refractivity contribution in [1.29, 1.82) is 0 Å². The summed E-state index contributed by atoms with van der Waals surface area (Å²) < 4.78 is 42.2. The van der Waals surface area contributed by atoms with Gasteiger partial charge in [0, 0.05) is 28.7 Å².